The van der Waals surface area contributed by atoms with Crippen LogP contribution < -0.4 is 10.2 Å². The van der Waals surface area contributed by atoms with E-state index in [1.54, 1.807) is 19.4 Å². The molecule has 2 aromatic rings. The van der Waals surface area contributed by atoms with Crippen LogP contribution in [0.1, 0.15) is 42.5 Å². The van der Waals surface area contributed by atoms with Crippen molar-refractivity contribution < 1.29 is 9.53 Å². The molecule has 0 unspecified atom stereocenters. The van der Waals surface area contributed by atoms with Gasteiger partial charge in [-0.15, -0.1) is 0 Å². The number of carbonyl (C=O) groups is 1. The van der Waals surface area contributed by atoms with Crippen molar-refractivity contribution in [2.45, 2.75) is 26.2 Å². The van der Waals surface area contributed by atoms with Crippen LogP contribution in [0.25, 0.3) is 0 Å². The molecule has 6 heteroatoms. The Kier molecular flexibility index (Phi) is 4.60. The van der Waals surface area contributed by atoms with E-state index in [4.69, 9.17) is 4.74 Å². The first-order valence-electron chi connectivity index (χ1n) is 6.93. The van der Waals surface area contributed by atoms with Gasteiger partial charge in [-0.3, -0.25) is 9.89 Å². The number of benzene rings is 1. The number of aromatic amines is 1. The quantitative estimate of drug-likeness (QED) is 0.672. The lowest BCUT2D eigenvalue weighted by Gasteiger charge is -2.14. The van der Waals surface area contributed by atoms with Crippen molar-refractivity contribution in [1.82, 2.24) is 15.6 Å². The zero-order valence-corrected chi connectivity index (χ0v) is 13.2. The summed E-state index contributed by atoms with van der Waals surface area (Å²) in [5.74, 6) is 0.420. The van der Waals surface area contributed by atoms with Gasteiger partial charge in [-0.1, -0.05) is 20.8 Å². The number of H-pyrrole nitrogens is 1. The molecule has 0 spiro atoms. The molecular weight excluding hydrogens is 280 g/mol. The Morgan fingerprint density at radius 1 is 1.32 bits per heavy atom. The van der Waals surface area contributed by atoms with E-state index in [9.17, 15) is 4.79 Å². The Hall–Kier alpha value is -2.63. The number of amides is 1. The van der Waals surface area contributed by atoms with E-state index >= 15 is 0 Å². The highest BCUT2D eigenvalue weighted by Gasteiger charge is 2.18. The summed E-state index contributed by atoms with van der Waals surface area (Å²) in [6.45, 7) is 6.14. The summed E-state index contributed by atoms with van der Waals surface area (Å²) >= 11 is 0. The zero-order chi connectivity index (χ0) is 16.2. The Morgan fingerprint density at radius 2 is 2.00 bits per heavy atom. The third-order valence-electron chi connectivity index (χ3n) is 3.11. The molecule has 1 heterocycles. The van der Waals surface area contributed by atoms with Gasteiger partial charge in [0.15, 0.2) is 5.69 Å². The molecule has 2 rings (SSSR count). The number of hydrogen-bond acceptors (Lipinski definition) is 4. The largest absolute Gasteiger partial charge is 0.497 e. The van der Waals surface area contributed by atoms with Gasteiger partial charge in [-0.05, 0) is 35.9 Å². The first-order chi connectivity index (χ1) is 10.4. The first kappa shape index (κ1) is 15.8. The molecular formula is C16H20N4O2. The molecule has 0 aliphatic carbocycles. The average Bonchev–Trinajstić information content (AvgIpc) is 2.98. The molecule has 1 aromatic heterocycles. The van der Waals surface area contributed by atoms with E-state index < -0.39 is 0 Å². The molecule has 1 aromatic carbocycles. The lowest BCUT2D eigenvalue weighted by molar-refractivity contribution is 0.0950. The minimum absolute atomic E-state index is 0.0854. The maximum atomic E-state index is 11.9. The van der Waals surface area contributed by atoms with Crippen molar-refractivity contribution in [1.29, 1.82) is 0 Å². The second-order valence-electron chi connectivity index (χ2n) is 5.89. The number of methoxy groups -OCH3 is 1. The molecule has 22 heavy (non-hydrogen) atoms. The molecule has 0 aliphatic heterocycles. The monoisotopic (exact) mass is 300 g/mol. The minimum Gasteiger partial charge on any atom is -0.497 e. The number of ether oxygens (including phenoxy) is 1. The van der Waals surface area contributed by atoms with Crippen molar-refractivity contribution >= 4 is 12.1 Å². The number of rotatable bonds is 4. The summed E-state index contributed by atoms with van der Waals surface area (Å²) in [6, 6.07) is 9.08. The standard InChI is InChI=1S/C16H20N4O2/c1-16(2,3)14-9-13(18-19-14)15(21)20-17-10-11-5-7-12(22-4)8-6-11/h5-10H,1-4H3,(H,18,19)(H,20,21). The molecule has 0 aliphatic rings. The Balaban J connectivity index is 1.97. The minimum atomic E-state index is -0.350. The van der Waals surface area contributed by atoms with Gasteiger partial charge in [0.1, 0.15) is 5.75 Å². The summed E-state index contributed by atoms with van der Waals surface area (Å²) in [6.07, 6.45) is 1.56. The third-order valence-corrected chi connectivity index (χ3v) is 3.11. The van der Waals surface area contributed by atoms with E-state index in [-0.39, 0.29) is 11.3 Å². The molecule has 0 saturated heterocycles. The van der Waals surface area contributed by atoms with Gasteiger partial charge in [-0.2, -0.15) is 10.2 Å². The number of nitrogens with one attached hydrogen (secondary N) is 2. The van der Waals surface area contributed by atoms with Gasteiger partial charge in [0.05, 0.1) is 13.3 Å². The molecule has 1 amide bonds. The summed E-state index contributed by atoms with van der Waals surface area (Å²) < 4.78 is 5.07. The normalized spacial score (nSPS) is 11.6. The van der Waals surface area contributed by atoms with Crippen LogP contribution in [0, 0.1) is 0 Å². The van der Waals surface area contributed by atoms with E-state index in [2.05, 4.69) is 20.7 Å². The third kappa shape index (κ3) is 3.94. The van der Waals surface area contributed by atoms with Crippen LogP contribution in [-0.2, 0) is 5.41 Å². The number of nitrogens with zero attached hydrogens (tertiary/aromatic N) is 2. The van der Waals surface area contributed by atoms with E-state index in [1.807, 2.05) is 45.0 Å². The fraction of sp³-hybridized carbons (Fsp3) is 0.312. The molecule has 6 nitrogen and oxygen atoms in total. The van der Waals surface area contributed by atoms with Gasteiger partial charge in [0, 0.05) is 11.1 Å². The van der Waals surface area contributed by atoms with E-state index in [1.165, 1.54) is 0 Å². The SMILES string of the molecule is COc1ccc(C=NNC(=O)c2cc(C(C)(C)C)[nH]n2)cc1. The number of hydrogen-bond donors (Lipinski definition) is 2. The van der Waals surface area contributed by atoms with Crippen molar-refractivity contribution in [2.75, 3.05) is 7.11 Å². The van der Waals surface area contributed by atoms with Crippen molar-refractivity contribution in [3.8, 4) is 5.75 Å². The topological polar surface area (TPSA) is 79.4 Å². The zero-order valence-electron chi connectivity index (χ0n) is 13.2. The molecule has 0 atom stereocenters. The summed E-state index contributed by atoms with van der Waals surface area (Å²) in [4.78, 5) is 11.9. The first-order valence-corrected chi connectivity index (χ1v) is 6.93. The van der Waals surface area contributed by atoms with Crippen LogP contribution in [0.2, 0.25) is 0 Å². The van der Waals surface area contributed by atoms with Gasteiger partial charge in [0.2, 0.25) is 0 Å². The van der Waals surface area contributed by atoms with Crippen LogP contribution in [-0.4, -0.2) is 29.4 Å². The molecule has 0 bridgehead atoms. The molecule has 116 valence electrons. The van der Waals surface area contributed by atoms with Crippen LogP contribution in [0.3, 0.4) is 0 Å². The fourth-order valence-electron chi connectivity index (χ4n) is 1.73. The second kappa shape index (κ2) is 6.43. The highest BCUT2D eigenvalue weighted by atomic mass is 16.5. The maximum absolute atomic E-state index is 11.9. The van der Waals surface area contributed by atoms with Crippen molar-refractivity contribution in [2.24, 2.45) is 5.10 Å². The lowest BCUT2D eigenvalue weighted by atomic mass is 9.92. The average molecular weight is 300 g/mol. The highest BCUT2D eigenvalue weighted by molar-refractivity contribution is 5.93. The van der Waals surface area contributed by atoms with Crippen molar-refractivity contribution in [3.05, 3.63) is 47.3 Å². The predicted octanol–water partition coefficient (Wildman–Crippen LogP) is 2.48. The van der Waals surface area contributed by atoms with Crippen molar-refractivity contribution in [3.63, 3.8) is 0 Å². The van der Waals surface area contributed by atoms with Gasteiger partial charge in [0.25, 0.3) is 5.91 Å². The second-order valence-corrected chi connectivity index (χ2v) is 5.89. The van der Waals surface area contributed by atoms with E-state index in [0.717, 1.165) is 17.0 Å². The lowest BCUT2D eigenvalue weighted by Crippen LogP contribution is -2.18. The maximum Gasteiger partial charge on any atom is 0.291 e. The Bertz CT molecular complexity index is 666. The number of aromatic nitrogens is 2. The molecule has 0 radical (unpaired) electrons. The highest BCUT2D eigenvalue weighted by Crippen LogP contribution is 2.20. The summed E-state index contributed by atoms with van der Waals surface area (Å²) in [5, 5.41) is 10.8. The molecule has 0 fully saturated rings. The fourth-order valence-corrected chi connectivity index (χ4v) is 1.73. The number of carbonyl (C=O) groups excluding carboxylic acids is 1. The summed E-state index contributed by atoms with van der Waals surface area (Å²) in [5.41, 5.74) is 4.45. The molecule has 2 N–H and O–H groups in total. The van der Waals surface area contributed by atoms with Gasteiger partial charge < -0.3 is 4.74 Å². The summed E-state index contributed by atoms with van der Waals surface area (Å²) in [7, 11) is 1.61. The van der Waals surface area contributed by atoms with Gasteiger partial charge >= 0.3 is 0 Å². The van der Waals surface area contributed by atoms with Crippen LogP contribution >= 0.6 is 0 Å². The Labute approximate surface area is 129 Å². The smallest absolute Gasteiger partial charge is 0.291 e. The Morgan fingerprint density at radius 3 is 2.55 bits per heavy atom. The molecule has 0 saturated carbocycles. The van der Waals surface area contributed by atoms with Crippen LogP contribution in [0.15, 0.2) is 35.4 Å². The van der Waals surface area contributed by atoms with Crippen LogP contribution in [0.4, 0.5) is 0 Å². The van der Waals surface area contributed by atoms with Gasteiger partial charge in [-0.25, -0.2) is 5.43 Å². The number of hydrazone groups is 1. The van der Waals surface area contributed by atoms with Crippen LogP contribution in [0.5, 0.6) is 5.75 Å². The van der Waals surface area contributed by atoms with E-state index in [0.29, 0.717) is 5.69 Å². The predicted molar refractivity (Wildman–Crippen MR) is 85.3 cm³/mol.